The van der Waals surface area contributed by atoms with Gasteiger partial charge in [-0.25, -0.2) is 18.7 Å². The quantitative estimate of drug-likeness (QED) is 0.574. The van der Waals surface area contributed by atoms with Crippen molar-refractivity contribution in [3.8, 4) is 0 Å². The lowest BCUT2D eigenvalue weighted by molar-refractivity contribution is -0.117. The van der Waals surface area contributed by atoms with Crippen molar-refractivity contribution in [1.29, 1.82) is 0 Å². The van der Waals surface area contributed by atoms with Gasteiger partial charge in [0.25, 0.3) is 5.95 Å². The molecule has 1 unspecified atom stereocenters. The van der Waals surface area contributed by atoms with Crippen LogP contribution in [0.5, 0.6) is 0 Å². The fraction of sp³-hybridized carbons (Fsp3) is 0.571. The first kappa shape index (κ1) is 11.8. The molecule has 0 bridgehead atoms. The maximum absolute atomic E-state index is 11.6. The number of aromatic nitrogens is 3. The van der Waals surface area contributed by atoms with Crippen molar-refractivity contribution in [1.82, 2.24) is 15.2 Å². The zero-order chi connectivity index (χ0) is 12.6. The van der Waals surface area contributed by atoms with E-state index < -0.39 is 10.0 Å². The number of rotatable bonds is 3. The summed E-state index contributed by atoms with van der Waals surface area (Å²) in [7, 11) is -3.58. The largest absolute Gasteiger partial charge is 0.368 e. The van der Waals surface area contributed by atoms with E-state index >= 15 is 0 Å². The molecule has 5 N–H and O–H groups in total. The second-order valence-electron chi connectivity index (χ2n) is 3.92. The zero-order valence-corrected chi connectivity index (χ0v) is 9.64. The van der Waals surface area contributed by atoms with Crippen molar-refractivity contribution in [2.45, 2.75) is 6.42 Å². The zero-order valence-electron chi connectivity index (χ0n) is 8.83. The van der Waals surface area contributed by atoms with Crippen molar-refractivity contribution in [2.75, 3.05) is 22.9 Å². The predicted molar refractivity (Wildman–Crippen MR) is 59.2 cm³/mol. The van der Waals surface area contributed by atoms with Gasteiger partial charge in [-0.05, 0) is 0 Å². The second-order valence-corrected chi connectivity index (χ2v) is 5.58. The molecule has 2 heterocycles. The van der Waals surface area contributed by atoms with Gasteiger partial charge in [-0.3, -0.25) is 9.69 Å². The summed E-state index contributed by atoms with van der Waals surface area (Å²) in [6, 6.07) is 0. The number of primary sulfonamides is 1. The Bertz CT molecular complexity index is 538. The van der Waals surface area contributed by atoms with E-state index in [1.807, 2.05) is 0 Å². The van der Waals surface area contributed by atoms with Gasteiger partial charge in [-0.15, -0.1) is 5.10 Å². The minimum atomic E-state index is -3.58. The molecule has 1 amide bonds. The van der Waals surface area contributed by atoms with Crippen LogP contribution in [0.1, 0.15) is 6.42 Å². The van der Waals surface area contributed by atoms with E-state index in [0.717, 1.165) is 0 Å². The van der Waals surface area contributed by atoms with E-state index in [-0.39, 0.29) is 42.4 Å². The van der Waals surface area contributed by atoms with E-state index in [1.165, 1.54) is 4.90 Å². The first-order chi connectivity index (χ1) is 7.85. The van der Waals surface area contributed by atoms with Crippen molar-refractivity contribution < 1.29 is 13.2 Å². The molecule has 1 aromatic heterocycles. The first-order valence-electron chi connectivity index (χ1n) is 4.84. The van der Waals surface area contributed by atoms with Crippen LogP contribution in [0.25, 0.3) is 0 Å². The number of nitrogens with two attached hydrogens (primary N) is 2. The molecule has 0 spiro atoms. The Morgan fingerprint density at radius 1 is 1.53 bits per heavy atom. The van der Waals surface area contributed by atoms with Crippen LogP contribution in [0.2, 0.25) is 0 Å². The molecule has 1 aromatic rings. The van der Waals surface area contributed by atoms with E-state index in [2.05, 4.69) is 15.2 Å². The molecule has 1 aliphatic rings. The number of amides is 1. The summed E-state index contributed by atoms with van der Waals surface area (Å²) < 4.78 is 21.9. The topological polar surface area (TPSA) is 148 Å². The third-order valence-corrected chi connectivity index (χ3v) is 3.34. The van der Waals surface area contributed by atoms with Gasteiger partial charge < -0.3 is 5.73 Å². The molecule has 1 saturated heterocycles. The van der Waals surface area contributed by atoms with Crippen molar-refractivity contribution in [3.05, 3.63) is 0 Å². The van der Waals surface area contributed by atoms with Crippen LogP contribution in [-0.2, 0) is 14.8 Å². The molecule has 2 rings (SSSR count). The minimum Gasteiger partial charge on any atom is -0.368 e. The predicted octanol–water partition coefficient (Wildman–Crippen LogP) is -1.97. The number of carbonyl (C=O) groups excluding carboxylic acids is 1. The number of anilines is 2. The summed E-state index contributed by atoms with van der Waals surface area (Å²) in [6.45, 7) is 0.229. The summed E-state index contributed by atoms with van der Waals surface area (Å²) in [5, 5.41) is 11.1. The molecule has 9 nitrogen and oxygen atoms in total. The van der Waals surface area contributed by atoms with Crippen LogP contribution in [0.4, 0.5) is 11.9 Å². The lowest BCUT2D eigenvalue weighted by atomic mass is 10.1. The molecule has 0 aromatic carbocycles. The average molecular weight is 260 g/mol. The van der Waals surface area contributed by atoms with E-state index in [0.29, 0.717) is 0 Å². The van der Waals surface area contributed by atoms with Gasteiger partial charge in [0.1, 0.15) is 0 Å². The lowest BCUT2D eigenvalue weighted by Crippen LogP contribution is -2.28. The number of hydrogen-bond acceptors (Lipinski definition) is 6. The van der Waals surface area contributed by atoms with Crippen LogP contribution in [-0.4, -0.2) is 41.8 Å². The Morgan fingerprint density at radius 2 is 2.24 bits per heavy atom. The highest BCUT2D eigenvalue weighted by Crippen LogP contribution is 2.22. The van der Waals surface area contributed by atoms with Crippen LogP contribution < -0.4 is 15.8 Å². The van der Waals surface area contributed by atoms with Gasteiger partial charge in [0, 0.05) is 18.9 Å². The third kappa shape index (κ3) is 2.71. The van der Waals surface area contributed by atoms with Crippen LogP contribution in [0, 0.1) is 5.92 Å². The Labute approximate surface area is 97.2 Å². The molecule has 94 valence electrons. The Balaban J connectivity index is 2.10. The molecular formula is C7H12N6O3S. The highest BCUT2D eigenvalue weighted by atomic mass is 32.2. The number of carbonyl (C=O) groups is 1. The molecule has 10 heteroatoms. The van der Waals surface area contributed by atoms with Crippen molar-refractivity contribution >= 4 is 27.8 Å². The van der Waals surface area contributed by atoms with E-state index in [9.17, 15) is 13.2 Å². The van der Waals surface area contributed by atoms with Gasteiger partial charge in [0.2, 0.25) is 21.9 Å². The molecule has 1 atom stereocenters. The van der Waals surface area contributed by atoms with E-state index in [4.69, 9.17) is 10.9 Å². The number of nitrogens with zero attached hydrogens (tertiary/aromatic N) is 3. The van der Waals surface area contributed by atoms with E-state index in [1.54, 1.807) is 0 Å². The molecule has 0 aliphatic carbocycles. The molecule has 1 aliphatic heterocycles. The molecule has 1 fully saturated rings. The maximum Gasteiger partial charge on any atom is 0.252 e. The van der Waals surface area contributed by atoms with Gasteiger partial charge in [0.05, 0.1) is 5.75 Å². The third-order valence-electron chi connectivity index (χ3n) is 2.41. The number of sulfonamides is 1. The van der Waals surface area contributed by atoms with Gasteiger partial charge in [0.15, 0.2) is 0 Å². The summed E-state index contributed by atoms with van der Waals surface area (Å²) >= 11 is 0. The number of H-pyrrole nitrogens is 1. The molecule has 0 saturated carbocycles. The monoisotopic (exact) mass is 260 g/mol. The summed E-state index contributed by atoms with van der Waals surface area (Å²) in [5.74, 6) is -0.545. The fourth-order valence-electron chi connectivity index (χ4n) is 1.80. The maximum atomic E-state index is 11.6. The molecular weight excluding hydrogens is 248 g/mol. The second kappa shape index (κ2) is 3.96. The SMILES string of the molecule is Nc1nc(N2CC(CS(N)(=O)=O)CC2=O)n[nH]1. The van der Waals surface area contributed by atoms with Crippen LogP contribution >= 0.6 is 0 Å². The number of hydrogen-bond donors (Lipinski definition) is 3. The number of nitrogens with one attached hydrogen (secondary N) is 1. The smallest absolute Gasteiger partial charge is 0.252 e. The summed E-state index contributed by atoms with van der Waals surface area (Å²) in [6.07, 6.45) is 0.116. The minimum absolute atomic E-state index is 0.0997. The van der Waals surface area contributed by atoms with Gasteiger partial charge >= 0.3 is 0 Å². The lowest BCUT2D eigenvalue weighted by Gasteiger charge is -2.11. The Kier molecular flexibility index (Phi) is 2.75. The fourth-order valence-corrected chi connectivity index (χ4v) is 2.68. The van der Waals surface area contributed by atoms with Crippen molar-refractivity contribution in [2.24, 2.45) is 11.1 Å². The molecule has 0 radical (unpaired) electrons. The Morgan fingerprint density at radius 3 is 2.76 bits per heavy atom. The molecule has 17 heavy (non-hydrogen) atoms. The summed E-state index contributed by atoms with van der Waals surface area (Å²) in [4.78, 5) is 16.7. The first-order valence-corrected chi connectivity index (χ1v) is 6.55. The number of nitrogen functional groups attached to an aromatic ring is 1. The standard InChI is InChI=1S/C7H12N6O3S/c8-6-10-7(12-11-6)13-2-4(1-5(13)14)3-17(9,15)16/h4H,1-3H2,(H2,9,15,16)(H3,8,10,11,12). The average Bonchev–Trinajstić information content (AvgIpc) is 2.70. The van der Waals surface area contributed by atoms with Gasteiger partial charge in [-0.2, -0.15) is 4.98 Å². The van der Waals surface area contributed by atoms with Crippen molar-refractivity contribution in [3.63, 3.8) is 0 Å². The Hall–Kier alpha value is -1.68. The number of aromatic amines is 1. The normalized spacial score (nSPS) is 21.1. The van der Waals surface area contributed by atoms with Gasteiger partial charge in [-0.1, -0.05) is 0 Å². The summed E-state index contributed by atoms with van der Waals surface area (Å²) in [5.41, 5.74) is 5.35. The van der Waals surface area contributed by atoms with Crippen LogP contribution in [0.15, 0.2) is 0 Å². The highest BCUT2D eigenvalue weighted by molar-refractivity contribution is 7.89. The highest BCUT2D eigenvalue weighted by Gasteiger charge is 2.34. The van der Waals surface area contributed by atoms with Crippen LogP contribution in [0.3, 0.4) is 0 Å².